The molecule has 92 valence electrons. The lowest BCUT2D eigenvalue weighted by molar-refractivity contribution is 0.101. The first kappa shape index (κ1) is 12.6. The average molecular weight is 262 g/mol. The van der Waals surface area contributed by atoms with Crippen molar-refractivity contribution in [3.8, 4) is 11.5 Å². The van der Waals surface area contributed by atoms with Crippen LogP contribution in [0.3, 0.4) is 0 Å². The monoisotopic (exact) mass is 261 g/mol. The number of aromatic nitrogens is 1. The van der Waals surface area contributed by atoms with Crippen molar-refractivity contribution < 1.29 is 9.53 Å². The number of ketones is 1. The zero-order valence-corrected chi connectivity index (χ0v) is 10.9. The van der Waals surface area contributed by atoms with E-state index in [-0.39, 0.29) is 5.78 Å². The predicted octanol–water partition coefficient (Wildman–Crippen LogP) is 4.04. The molecule has 0 aliphatic carbocycles. The summed E-state index contributed by atoms with van der Waals surface area (Å²) in [7, 11) is 0. The van der Waals surface area contributed by atoms with Gasteiger partial charge < -0.3 is 4.74 Å². The molecule has 18 heavy (non-hydrogen) atoms. The summed E-state index contributed by atoms with van der Waals surface area (Å²) >= 11 is 5.91. The Morgan fingerprint density at radius 1 is 1.28 bits per heavy atom. The van der Waals surface area contributed by atoms with Crippen LogP contribution in [0, 0.1) is 6.92 Å². The third kappa shape index (κ3) is 2.87. The summed E-state index contributed by atoms with van der Waals surface area (Å²) in [6.45, 7) is 3.41. The SMILES string of the molecule is CC(=O)c1ccc(Oc2cc(Cl)ccc2C)cn1. The van der Waals surface area contributed by atoms with Gasteiger partial charge in [-0.3, -0.25) is 4.79 Å². The second-order valence-corrected chi connectivity index (χ2v) is 4.38. The second-order valence-electron chi connectivity index (χ2n) is 3.95. The van der Waals surface area contributed by atoms with E-state index in [0.29, 0.717) is 22.2 Å². The highest BCUT2D eigenvalue weighted by molar-refractivity contribution is 6.30. The van der Waals surface area contributed by atoms with Gasteiger partial charge in [-0.2, -0.15) is 0 Å². The molecule has 2 rings (SSSR count). The molecular formula is C14H12ClNO2. The Balaban J connectivity index is 2.23. The van der Waals surface area contributed by atoms with Crippen LogP contribution in [0.15, 0.2) is 36.5 Å². The molecule has 0 radical (unpaired) electrons. The van der Waals surface area contributed by atoms with Gasteiger partial charge in [0.2, 0.25) is 0 Å². The third-order valence-corrected chi connectivity index (χ3v) is 2.71. The molecule has 1 aromatic carbocycles. The van der Waals surface area contributed by atoms with Crippen molar-refractivity contribution in [2.75, 3.05) is 0 Å². The van der Waals surface area contributed by atoms with E-state index in [2.05, 4.69) is 4.98 Å². The van der Waals surface area contributed by atoms with Crippen molar-refractivity contribution in [3.05, 3.63) is 52.8 Å². The fourth-order valence-electron chi connectivity index (χ4n) is 1.46. The minimum Gasteiger partial charge on any atom is -0.455 e. The lowest BCUT2D eigenvalue weighted by Crippen LogP contribution is -1.96. The molecule has 0 aliphatic rings. The summed E-state index contributed by atoms with van der Waals surface area (Å²) in [5.74, 6) is 1.19. The van der Waals surface area contributed by atoms with Crippen LogP contribution in [0.5, 0.6) is 11.5 Å². The van der Waals surface area contributed by atoms with Gasteiger partial charge in [0, 0.05) is 11.9 Å². The van der Waals surface area contributed by atoms with E-state index in [1.54, 1.807) is 24.3 Å². The molecule has 0 saturated carbocycles. The molecule has 0 aliphatic heterocycles. The first-order valence-corrected chi connectivity index (χ1v) is 5.85. The lowest BCUT2D eigenvalue weighted by atomic mass is 10.2. The van der Waals surface area contributed by atoms with Gasteiger partial charge >= 0.3 is 0 Å². The van der Waals surface area contributed by atoms with Crippen LogP contribution in [0.25, 0.3) is 0 Å². The number of rotatable bonds is 3. The summed E-state index contributed by atoms with van der Waals surface area (Å²) in [5, 5.41) is 0.615. The Bertz CT molecular complexity index is 579. The van der Waals surface area contributed by atoms with Crippen molar-refractivity contribution in [1.82, 2.24) is 4.98 Å². The maximum Gasteiger partial charge on any atom is 0.178 e. The Hall–Kier alpha value is -1.87. The maximum atomic E-state index is 11.1. The minimum atomic E-state index is -0.0690. The van der Waals surface area contributed by atoms with E-state index in [0.717, 1.165) is 5.56 Å². The first-order valence-electron chi connectivity index (χ1n) is 5.47. The highest BCUT2D eigenvalue weighted by Crippen LogP contribution is 2.27. The largest absolute Gasteiger partial charge is 0.455 e. The number of nitrogens with zero attached hydrogens (tertiary/aromatic N) is 1. The molecule has 0 atom stereocenters. The number of ether oxygens (including phenoxy) is 1. The molecule has 0 N–H and O–H groups in total. The summed E-state index contributed by atoms with van der Waals surface area (Å²) in [6.07, 6.45) is 1.52. The van der Waals surface area contributed by atoms with Crippen molar-refractivity contribution in [3.63, 3.8) is 0 Å². The van der Waals surface area contributed by atoms with E-state index in [9.17, 15) is 4.79 Å². The average Bonchev–Trinajstić information content (AvgIpc) is 2.34. The van der Waals surface area contributed by atoms with Crippen LogP contribution < -0.4 is 4.74 Å². The zero-order chi connectivity index (χ0) is 13.1. The summed E-state index contributed by atoms with van der Waals surface area (Å²) in [5.41, 5.74) is 1.40. The van der Waals surface area contributed by atoms with Crippen LogP contribution >= 0.6 is 11.6 Å². The quantitative estimate of drug-likeness (QED) is 0.783. The molecule has 0 unspecified atom stereocenters. The van der Waals surface area contributed by atoms with Crippen LogP contribution in [0.4, 0.5) is 0 Å². The van der Waals surface area contributed by atoms with Crippen LogP contribution in [0.1, 0.15) is 23.0 Å². The predicted molar refractivity (Wildman–Crippen MR) is 70.5 cm³/mol. The Morgan fingerprint density at radius 2 is 2.06 bits per heavy atom. The molecule has 2 aromatic rings. The molecule has 0 saturated heterocycles. The van der Waals surface area contributed by atoms with Gasteiger partial charge in [-0.1, -0.05) is 17.7 Å². The molecule has 1 heterocycles. The van der Waals surface area contributed by atoms with Crippen molar-refractivity contribution in [2.24, 2.45) is 0 Å². The zero-order valence-electron chi connectivity index (χ0n) is 10.1. The van der Waals surface area contributed by atoms with Crippen molar-refractivity contribution in [1.29, 1.82) is 0 Å². The number of hydrogen-bond donors (Lipinski definition) is 0. The summed E-state index contributed by atoms with van der Waals surface area (Å²) in [4.78, 5) is 15.1. The van der Waals surface area contributed by atoms with Gasteiger partial charge in [-0.05, 0) is 36.8 Å². The topological polar surface area (TPSA) is 39.2 Å². The standard InChI is InChI=1S/C14H12ClNO2/c1-9-3-4-11(15)7-14(9)18-12-5-6-13(10(2)17)16-8-12/h3-8H,1-2H3. The highest BCUT2D eigenvalue weighted by atomic mass is 35.5. The van der Waals surface area contributed by atoms with Gasteiger partial charge in [0.1, 0.15) is 17.2 Å². The van der Waals surface area contributed by atoms with E-state index >= 15 is 0 Å². The lowest BCUT2D eigenvalue weighted by Gasteiger charge is -2.08. The fourth-order valence-corrected chi connectivity index (χ4v) is 1.62. The Labute approximate surface area is 110 Å². The smallest absolute Gasteiger partial charge is 0.178 e. The van der Waals surface area contributed by atoms with Crippen LogP contribution in [-0.4, -0.2) is 10.8 Å². The molecule has 0 bridgehead atoms. The van der Waals surface area contributed by atoms with Crippen molar-refractivity contribution in [2.45, 2.75) is 13.8 Å². The third-order valence-electron chi connectivity index (χ3n) is 2.48. The second kappa shape index (κ2) is 5.19. The maximum absolute atomic E-state index is 11.1. The van der Waals surface area contributed by atoms with E-state index in [1.165, 1.54) is 13.1 Å². The van der Waals surface area contributed by atoms with Gasteiger partial charge in [0.15, 0.2) is 5.78 Å². The van der Waals surface area contributed by atoms with Crippen LogP contribution in [0.2, 0.25) is 5.02 Å². The number of halogens is 1. The number of Topliss-reactive ketones (excluding diaryl/α,β-unsaturated/α-hetero) is 1. The normalized spacial score (nSPS) is 10.2. The number of aryl methyl sites for hydroxylation is 1. The number of pyridine rings is 1. The van der Waals surface area contributed by atoms with E-state index in [4.69, 9.17) is 16.3 Å². The number of hydrogen-bond acceptors (Lipinski definition) is 3. The van der Waals surface area contributed by atoms with Gasteiger partial charge in [0.05, 0.1) is 6.20 Å². The van der Waals surface area contributed by atoms with Gasteiger partial charge in [0.25, 0.3) is 0 Å². The summed E-state index contributed by atoms with van der Waals surface area (Å²) < 4.78 is 5.67. The first-order chi connectivity index (χ1) is 8.56. The highest BCUT2D eigenvalue weighted by Gasteiger charge is 2.05. The van der Waals surface area contributed by atoms with Crippen molar-refractivity contribution >= 4 is 17.4 Å². The number of carbonyl (C=O) groups excluding carboxylic acids is 1. The number of benzene rings is 1. The molecule has 1 aromatic heterocycles. The molecule has 0 fully saturated rings. The Morgan fingerprint density at radius 3 is 2.67 bits per heavy atom. The Kier molecular flexibility index (Phi) is 3.63. The van der Waals surface area contributed by atoms with E-state index in [1.807, 2.05) is 13.0 Å². The van der Waals surface area contributed by atoms with Crippen LogP contribution in [-0.2, 0) is 0 Å². The molecule has 3 nitrogen and oxygen atoms in total. The molecule has 0 spiro atoms. The summed E-state index contributed by atoms with van der Waals surface area (Å²) in [6, 6.07) is 8.78. The van der Waals surface area contributed by atoms with Gasteiger partial charge in [-0.15, -0.1) is 0 Å². The molecule has 0 amide bonds. The van der Waals surface area contributed by atoms with Gasteiger partial charge in [-0.25, -0.2) is 4.98 Å². The van der Waals surface area contributed by atoms with E-state index < -0.39 is 0 Å². The fraction of sp³-hybridized carbons (Fsp3) is 0.143. The molecular weight excluding hydrogens is 250 g/mol. The number of carbonyl (C=O) groups is 1. The molecule has 4 heteroatoms. The minimum absolute atomic E-state index is 0.0690.